The van der Waals surface area contributed by atoms with Gasteiger partial charge in [0.1, 0.15) is 5.15 Å². The molecular weight excluding hydrogens is 264 g/mol. The van der Waals surface area contributed by atoms with Crippen LogP contribution in [0.15, 0.2) is 18.3 Å². The fraction of sp³-hybridized carbons (Fsp3) is 0.571. The van der Waals surface area contributed by atoms with Crippen LogP contribution in [-0.2, 0) is 4.74 Å². The third-order valence-electron chi connectivity index (χ3n) is 2.97. The number of nitrogens with zero attached hydrogens (tertiary/aromatic N) is 2. The minimum Gasteiger partial charge on any atom is -0.366 e. The number of hydrogen-bond acceptors (Lipinski definition) is 3. The summed E-state index contributed by atoms with van der Waals surface area (Å²) >= 11 is 5.99. The molecular formula is C14H19ClN2O2. The van der Waals surface area contributed by atoms with E-state index in [4.69, 9.17) is 16.3 Å². The van der Waals surface area contributed by atoms with Crippen LogP contribution in [0.5, 0.6) is 0 Å². The van der Waals surface area contributed by atoms with Crippen molar-refractivity contribution >= 4 is 17.5 Å². The Labute approximate surface area is 118 Å². The van der Waals surface area contributed by atoms with Crippen LogP contribution < -0.4 is 0 Å². The number of morpholine rings is 1. The van der Waals surface area contributed by atoms with Crippen LogP contribution in [-0.4, -0.2) is 40.1 Å². The Hall–Kier alpha value is -1.13. The lowest BCUT2D eigenvalue weighted by Crippen LogP contribution is -2.58. The largest absolute Gasteiger partial charge is 0.366 e. The lowest BCUT2D eigenvalue weighted by Gasteiger charge is -2.47. The molecule has 1 aliphatic heterocycles. The van der Waals surface area contributed by atoms with Gasteiger partial charge >= 0.3 is 0 Å². The van der Waals surface area contributed by atoms with E-state index in [-0.39, 0.29) is 22.3 Å². The van der Waals surface area contributed by atoms with Crippen LogP contribution in [0.2, 0.25) is 5.15 Å². The highest BCUT2D eigenvalue weighted by atomic mass is 35.5. The number of rotatable bonds is 1. The minimum atomic E-state index is -0.369. The smallest absolute Gasteiger partial charge is 0.257 e. The van der Waals surface area contributed by atoms with Crippen LogP contribution in [0, 0.1) is 0 Å². The van der Waals surface area contributed by atoms with Crippen LogP contribution in [0.25, 0.3) is 0 Å². The second kappa shape index (κ2) is 4.76. The molecule has 0 aromatic carbocycles. The molecule has 0 bridgehead atoms. The van der Waals surface area contributed by atoms with Crippen LogP contribution in [0.1, 0.15) is 38.1 Å². The quantitative estimate of drug-likeness (QED) is 0.744. The molecule has 2 rings (SSSR count). The van der Waals surface area contributed by atoms with Gasteiger partial charge in [-0.1, -0.05) is 11.6 Å². The van der Waals surface area contributed by atoms with Gasteiger partial charge in [-0.25, -0.2) is 4.98 Å². The Morgan fingerprint density at radius 1 is 1.32 bits per heavy atom. The molecule has 2 heterocycles. The monoisotopic (exact) mass is 282 g/mol. The molecule has 1 saturated heterocycles. The maximum Gasteiger partial charge on any atom is 0.257 e. The first-order chi connectivity index (χ1) is 8.70. The van der Waals surface area contributed by atoms with E-state index in [1.165, 1.54) is 0 Å². The molecule has 0 N–H and O–H groups in total. The molecule has 4 nitrogen and oxygen atoms in total. The van der Waals surface area contributed by atoms with Gasteiger partial charge in [-0.05, 0) is 39.8 Å². The first kappa shape index (κ1) is 14.3. The van der Waals surface area contributed by atoms with E-state index in [0.717, 1.165) is 0 Å². The topological polar surface area (TPSA) is 42.4 Å². The van der Waals surface area contributed by atoms with E-state index >= 15 is 0 Å². The van der Waals surface area contributed by atoms with E-state index in [9.17, 15) is 4.79 Å². The Bertz CT molecular complexity index is 484. The molecule has 1 amide bonds. The van der Waals surface area contributed by atoms with Gasteiger partial charge in [0.05, 0.1) is 16.8 Å². The number of amides is 1. The summed E-state index contributed by atoms with van der Waals surface area (Å²) in [4.78, 5) is 18.3. The first-order valence-corrected chi connectivity index (χ1v) is 6.68. The molecule has 19 heavy (non-hydrogen) atoms. The van der Waals surface area contributed by atoms with Crippen molar-refractivity contribution in [1.29, 1.82) is 0 Å². The second-order valence-electron chi connectivity index (χ2n) is 6.12. The Balaban J connectivity index is 2.27. The number of ether oxygens (including phenoxy) is 1. The van der Waals surface area contributed by atoms with Crippen molar-refractivity contribution in [2.75, 3.05) is 13.1 Å². The van der Waals surface area contributed by atoms with E-state index in [1.54, 1.807) is 23.2 Å². The van der Waals surface area contributed by atoms with Gasteiger partial charge in [-0.2, -0.15) is 0 Å². The summed E-state index contributed by atoms with van der Waals surface area (Å²) in [6.07, 6.45) is 1.58. The van der Waals surface area contributed by atoms with Crippen molar-refractivity contribution in [3.63, 3.8) is 0 Å². The lowest BCUT2D eigenvalue weighted by atomic mass is 9.98. The molecule has 0 saturated carbocycles. The first-order valence-electron chi connectivity index (χ1n) is 6.30. The molecule has 0 unspecified atom stereocenters. The summed E-state index contributed by atoms with van der Waals surface area (Å²) in [5, 5.41) is 0.245. The highest BCUT2D eigenvalue weighted by Crippen LogP contribution is 2.29. The summed E-state index contributed by atoms with van der Waals surface area (Å²) in [5.41, 5.74) is -0.296. The third kappa shape index (κ3) is 3.25. The average Bonchev–Trinajstić information content (AvgIpc) is 2.24. The molecule has 5 heteroatoms. The number of halogens is 1. The number of hydrogen-bond donors (Lipinski definition) is 0. The molecule has 0 spiro atoms. The minimum absolute atomic E-state index is 0.0949. The number of carbonyl (C=O) groups excluding carboxylic acids is 1. The Morgan fingerprint density at radius 3 is 2.42 bits per heavy atom. The molecule has 1 aromatic rings. The lowest BCUT2D eigenvalue weighted by molar-refractivity contribution is -0.171. The van der Waals surface area contributed by atoms with Crippen molar-refractivity contribution in [3.05, 3.63) is 29.0 Å². The van der Waals surface area contributed by atoms with Crippen LogP contribution in [0.3, 0.4) is 0 Å². The molecule has 1 aromatic heterocycles. The summed E-state index contributed by atoms with van der Waals surface area (Å²) in [6, 6.07) is 3.42. The van der Waals surface area contributed by atoms with Crippen molar-refractivity contribution in [1.82, 2.24) is 9.88 Å². The predicted octanol–water partition coefficient (Wildman–Crippen LogP) is 2.76. The zero-order chi connectivity index (χ0) is 14.3. The van der Waals surface area contributed by atoms with Crippen molar-refractivity contribution < 1.29 is 9.53 Å². The zero-order valence-corrected chi connectivity index (χ0v) is 12.5. The van der Waals surface area contributed by atoms with Crippen LogP contribution >= 0.6 is 11.6 Å². The predicted molar refractivity (Wildman–Crippen MR) is 74.4 cm³/mol. The van der Waals surface area contributed by atoms with Gasteiger partial charge in [0, 0.05) is 19.3 Å². The summed E-state index contributed by atoms with van der Waals surface area (Å²) in [5.74, 6) is -0.0949. The van der Waals surface area contributed by atoms with Crippen molar-refractivity contribution in [2.24, 2.45) is 0 Å². The summed E-state index contributed by atoms with van der Waals surface area (Å²) in [6.45, 7) is 9.02. The van der Waals surface area contributed by atoms with Crippen molar-refractivity contribution in [2.45, 2.75) is 38.9 Å². The highest BCUT2D eigenvalue weighted by Gasteiger charge is 2.40. The Kier molecular flexibility index (Phi) is 3.58. The third-order valence-corrected chi connectivity index (χ3v) is 3.27. The number of pyridine rings is 1. The summed E-state index contributed by atoms with van der Waals surface area (Å²) < 4.78 is 5.97. The zero-order valence-electron chi connectivity index (χ0n) is 11.7. The second-order valence-corrected chi connectivity index (χ2v) is 6.48. The van der Waals surface area contributed by atoms with Gasteiger partial charge in [0.15, 0.2) is 0 Å². The molecule has 0 atom stereocenters. The molecule has 0 radical (unpaired) electrons. The standard InChI is InChI=1S/C14H19ClN2O2/c1-13(2)8-17(9-14(3,4)19-13)12(18)10-6-5-7-16-11(10)15/h5-7H,8-9H2,1-4H3. The molecule has 1 fully saturated rings. The highest BCUT2D eigenvalue weighted by molar-refractivity contribution is 6.32. The van der Waals surface area contributed by atoms with Gasteiger partial charge < -0.3 is 9.64 Å². The SMILES string of the molecule is CC1(C)CN(C(=O)c2cccnc2Cl)CC(C)(C)O1. The molecule has 1 aliphatic rings. The van der Waals surface area contributed by atoms with Crippen LogP contribution in [0.4, 0.5) is 0 Å². The van der Waals surface area contributed by atoms with E-state index in [0.29, 0.717) is 18.7 Å². The average molecular weight is 283 g/mol. The molecule has 104 valence electrons. The maximum atomic E-state index is 12.5. The Morgan fingerprint density at radius 2 is 1.89 bits per heavy atom. The van der Waals surface area contributed by atoms with Gasteiger partial charge in [0.25, 0.3) is 5.91 Å². The normalized spacial score (nSPS) is 21.2. The van der Waals surface area contributed by atoms with Gasteiger partial charge in [-0.15, -0.1) is 0 Å². The van der Waals surface area contributed by atoms with Crippen molar-refractivity contribution in [3.8, 4) is 0 Å². The van der Waals surface area contributed by atoms with E-state index in [1.807, 2.05) is 27.7 Å². The fourth-order valence-electron chi connectivity index (χ4n) is 2.65. The summed E-state index contributed by atoms with van der Waals surface area (Å²) in [7, 11) is 0. The van der Waals surface area contributed by atoms with E-state index in [2.05, 4.69) is 4.98 Å². The van der Waals surface area contributed by atoms with E-state index < -0.39 is 0 Å². The van der Waals surface area contributed by atoms with Gasteiger partial charge in [0.2, 0.25) is 0 Å². The molecule has 0 aliphatic carbocycles. The maximum absolute atomic E-state index is 12.5. The van der Waals surface area contributed by atoms with Gasteiger partial charge in [-0.3, -0.25) is 4.79 Å². The number of carbonyl (C=O) groups is 1. The number of aromatic nitrogens is 1. The fourth-order valence-corrected chi connectivity index (χ4v) is 2.85.